The molecule has 5 rings (SSSR count). The first-order chi connectivity index (χ1) is 15.4. The Morgan fingerprint density at radius 3 is 2.41 bits per heavy atom. The molecule has 2 aromatic rings. The van der Waals surface area contributed by atoms with Crippen molar-refractivity contribution in [1.82, 2.24) is 15.0 Å². The summed E-state index contributed by atoms with van der Waals surface area (Å²) >= 11 is 0. The molecule has 2 fully saturated rings. The van der Waals surface area contributed by atoms with Gasteiger partial charge < -0.3 is 10.6 Å². The van der Waals surface area contributed by atoms with Gasteiger partial charge >= 0.3 is 0 Å². The molecule has 8 nitrogen and oxygen atoms in total. The maximum Gasteiger partial charge on any atom is 0.267 e. The smallest absolute Gasteiger partial charge is 0.267 e. The number of nitrogens with two attached hydrogens (primary N) is 1. The van der Waals surface area contributed by atoms with E-state index in [-0.39, 0.29) is 17.5 Å². The van der Waals surface area contributed by atoms with Crippen LogP contribution in [0.1, 0.15) is 41.4 Å². The average molecular weight is 440 g/mol. The second-order valence-electron chi connectivity index (χ2n) is 8.63. The summed E-state index contributed by atoms with van der Waals surface area (Å²) in [5.41, 5.74) is 5.89. The quantitative estimate of drug-likeness (QED) is 0.785. The minimum Gasteiger partial charge on any atom is -0.364 e. The number of hydrogen-bond donors (Lipinski definition) is 1. The predicted molar refractivity (Wildman–Crippen MR) is 112 cm³/mol. The molecule has 1 saturated carbocycles. The Hall–Kier alpha value is -3.43. The van der Waals surface area contributed by atoms with Gasteiger partial charge in [-0.1, -0.05) is 0 Å². The van der Waals surface area contributed by atoms with Crippen LogP contribution >= 0.6 is 0 Å². The fourth-order valence-corrected chi connectivity index (χ4v) is 5.16. The summed E-state index contributed by atoms with van der Waals surface area (Å²) in [5.74, 6) is -1.19. The third kappa shape index (κ3) is 3.69. The van der Waals surface area contributed by atoms with Crippen molar-refractivity contribution in [3.05, 3.63) is 53.4 Å². The Morgan fingerprint density at radius 2 is 1.75 bits per heavy atom. The second-order valence-corrected chi connectivity index (χ2v) is 8.63. The molecule has 2 N–H and O–H groups in total. The van der Waals surface area contributed by atoms with Crippen LogP contribution in [0.15, 0.2) is 35.6 Å². The molecule has 0 unspecified atom stereocenters. The van der Waals surface area contributed by atoms with Gasteiger partial charge in [0.1, 0.15) is 17.3 Å². The highest BCUT2D eigenvalue weighted by atomic mass is 19.1. The average Bonchev–Trinajstić information content (AvgIpc) is 3.47. The molecular weight excluding hydrogens is 418 g/mol. The number of primary amides is 1. The van der Waals surface area contributed by atoms with Gasteiger partial charge in [-0.15, -0.1) is 0 Å². The second kappa shape index (κ2) is 7.92. The number of hydrogen-bond acceptors (Lipinski definition) is 6. The molecule has 1 aliphatic carbocycles. The first-order valence-electron chi connectivity index (χ1n) is 10.6. The van der Waals surface area contributed by atoms with Gasteiger partial charge in [-0.25, -0.2) is 23.8 Å². The highest BCUT2D eigenvalue weighted by Crippen LogP contribution is 2.44. The molecule has 2 aliphatic heterocycles. The van der Waals surface area contributed by atoms with Crippen LogP contribution in [0.3, 0.4) is 0 Å². The molecule has 10 heteroatoms. The zero-order valence-electron chi connectivity index (χ0n) is 17.2. The zero-order chi connectivity index (χ0) is 22.4. The lowest BCUT2D eigenvalue weighted by Crippen LogP contribution is -2.33. The molecule has 3 aliphatic rings. The minimum atomic E-state index is -0.669. The SMILES string of the molecule is NC(=O)c1ccnc(N2C[C@H]3C[C@H](C(=O)N4N=CC[C@H]4c4cc(F)cc(F)c4)C[C@H]3C2)n1. The summed E-state index contributed by atoms with van der Waals surface area (Å²) in [6.07, 6.45) is 4.96. The molecule has 1 aromatic heterocycles. The number of carbonyl (C=O) groups is 2. The van der Waals surface area contributed by atoms with Crippen LogP contribution in [0, 0.1) is 29.4 Å². The monoisotopic (exact) mass is 440 g/mol. The molecule has 4 atom stereocenters. The molecule has 0 spiro atoms. The van der Waals surface area contributed by atoms with Crippen molar-refractivity contribution in [2.24, 2.45) is 28.6 Å². The number of nitrogens with zero attached hydrogens (tertiary/aromatic N) is 5. The highest BCUT2D eigenvalue weighted by Gasteiger charge is 2.46. The van der Waals surface area contributed by atoms with Crippen LogP contribution in [-0.2, 0) is 4.79 Å². The molecule has 2 amide bonds. The van der Waals surface area contributed by atoms with Crippen molar-refractivity contribution >= 4 is 24.0 Å². The van der Waals surface area contributed by atoms with Crippen LogP contribution in [0.5, 0.6) is 0 Å². The molecule has 32 heavy (non-hydrogen) atoms. The van der Waals surface area contributed by atoms with Crippen molar-refractivity contribution in [3.8, 4) is 0 Å². The van der Waals surface area contributed by atoms with Crippen molar-refractivity contribution in [2.75, 3.05) is 18.0 Å². The van der Waals surface area contributed by atoms with Gasteiger partial charge in [-0.2, -0.15) is 5.10 Å². The van der Waals surface area contributed by atoms with Gasteiger partial charge in [0.15, 0.2) is 0 Å². The Kier molecular flexibility index (Phi) is 5.07. The number of hydrazone groups is 1. The maximum atomic E-state index is 13.7. The van der Waals surface area contributed by atoms with E-state index >= 15 is 0 Å². The summed E-state index contributed by atoms with van der Waals surface area (Å²) in [5, 5.41) is 5.61. The van der Waals surface area contributed by atoms with E-state index in [9.17, 15) is 18.4 Å². The number of carbonyl (C=O) groups excluding carboxylic acids is 2. The third-order valence-electron chi connectivity index (χ3n) is 6.60. The maximum absolute atomic E-state index is 13.7. The van der Waals surface area contributed by atoms with E-state index in [0.29, 0.717) is 55.7 Å². The third-order valence-corrected chi connectivity index (χ3v) is 6.60. The molecule has 3 heterocycles. The largest absolute Gasteiger partial charge is 0.364 e. The molecule has 166 valence electrons. The highest BCUT2D eigenvalue weighted by molar-refractivity contribution is 5.90. The van der Waals surface area contributed by atoms with E-state index < -0.39 is 23.6 Å². The van der Waals surface area contributed by atoms with Crippen molar-refractivity contribution in [2.45, 2.75) is 25.3 Å². The molecule has 1 aromatic carbocycles. The van der Waals surface area contributed by atoms with Gasteiger partial charge in [0.05, 0.1) is 6.04 Å². The standard InChI is InChI=1S/C22H22F2N6O2/c23-16-7-12(8-17(24)9-16)19-2-4-27-30(19)21(32)13-5-14-10-29(11-15(14)6-13)22-26-3-1-18(28-22)20(25)31/h1,3-4,7-9,13-15,19H,2,5-6,10-11H2,(H2,25,31)/t13-,14+,15-,19-/m0/s1. The van der Waals surface area contributed by atoms with Gasteiger partial charge in [0.2, 0.25) is 11.9 Å². The summed E-state index contributed by atoms with van der Waals surface area (Å²) in [4.78, 5) is 35.2. The molecular formula is C22H22F2N6O2. The van der Waals surface area contributed by atoms with Gasteiger partial charge in [0.25, 0.3) is 5.91 Å². The molecule has 1 saturated heterocycles. The zero-order valence-corrected chi connectivity index (χ0v) is 17.2. The lowest BCUT2D eigenvalue weighted by Gasteiger charge is -2.26. The van der Waals surface area contributed by atoms with E-state index in [4.69, 9.17) is 5.73 Å². The van der Waals surface area contributed by atoms with Crippen LogP contribution in [0.25, 0.3) is 0 Å². The van der Waals surface area contributed by atoms with Gasteiger partial charge in [0, 0.05) is 43.9 Å². The van der Waals surface area contributed by atoms with Crippen molar-refractivity contribution in [3.63, 3.8) is 0 Å². The number of rotatable bonds is 4. The molecule has 0 radical (unpaired) electrons. The Bertz CT molecular complexity index is 1080. The molecule has 0 bridgehead atoms. The van der Waals surface area contributed by atoms with Gasteiger partial charge in [-0.05, 0) is 48.4 Å². The normalized spacial score (nSPS) is 26.6. The summed E-state index contributed by atoms with van der Waals surface area (Å²) in [6, 6.07) is 4.32. The van der Waals surface area contributed by atoms with Crippen LogP contribution < -0.4 is 10.6 Å². The first kappa shape index (κ1) is 20.5. The number of anilines is 1. The van der Waals surface area contributed by atoms with E-state index in [2.05, 4.69) is 15.1 Å². The van der Waals surface area contributed by atoms with E-state index in [1.165, 1.54) is 29.4 Å². The fraction of sp³-hybridized carbons (Fsp3) is 0.409. The Labute approximate surface area is 183 Å². The lowest BCUT2D eigenvalue weighted by atomic mass is 10.0. The number of benzene rings is 1. The van der Waals surface area contributed by atoms with Crippen LogP contribution in [0.2, 0.25) is 0 Å². The summed E-state index contributed by atoms with van der Waals surface area (Å²) < 4.78 is 27.4. The number of halogens is 2. The predicted octanol–water partition coefficient (Wildman–Crippen LogP) is 2.28. The number of fused-ring (bicyclic) bond motifs is 1. The first-order valence-corrected chi connectivity index (χ1v) is 10.6. The Balaban J connectivity index is 1.26. The van der Waals surface area contributed by atoms with E-state index in [1.54, 1.807) is 6.21 Å². The fourth-order valence-electron chi connectivity index (χ4n) is 5.16. The van der Waals surface area contributed by atoms with Crippen molar-refractivity contribution < 1.29 is 18.4 Å². The van der Waals surface area contributed by atoms with E-state index in [1.807, 2.05) is 4.90 Å². The van der Waals surface area contributed by atoms with Crippen LogP contribution in [-0.4, -0.2) is 46.1 Å². The minimum absolute atomic E-state index is 0.110. The van der Waals surface area contributed by atoms with Crippen molar-refractivity contribution in [1.29, 1.82) is 0 Å². The Morgan fingerprint density at radius 1 is 1.06 bits per heavy atom. The lowest BCUT2D eigenvalue weighted by molar-refractivity contribution is -0.137. The van der Waals surface area contributed by atoms with E-state index in [0.717, 1.165) is 6.07 Å². The van der Waals surface area contributed by atoms with Crippen LogP contribution in [0.4, 0.5) is 14.7 Å². The number of amides is 2. The summed E-state index contributed by atoms with van der Waals surface area (Å²) in [7, 11) is 0. The number of aromatic nitrogens is 2. The van der Waals surface area contributed by atoms with Gasteiger partial charge in [-0.3, -0.25) is 9.59 Å². The topological polar surface area (TPSA) is 105 Å². The summed E-state index contributed by atoms with van der Waals surface area (Å²) in [6.45, 7) is 1.39.